The van der Waals surface area contributed by atoms with E-state index in [-0.39, 0.29) is 23.5 Å². The molecule has 1 aromatic carbocycles. The number of rotatable bonds is 7. The van der Waals surface area contributed by atoms with Gasteiger partial charge in [0.05, 0.1) is 17.6 Å². The van der Waals surface area contributed by atoms with Gasteiger partial charge in [-0.05, 0) is 36.3 Å². The smallest absolute Gasteiger partial charge is 0.259 e. The summed E-state index contributed by atoms with van der Waals surface area (Å²) in [6.45, 7) is 3.78. The lowest BCUT2D eigenvalue weighted by atomic mass is 9.99. The van der Waals surface area contributed by atoms with E-state index in [9.17, 15) is 4.79 Å². The molecular weight excluding hydrogens is 470 g/mol. The Labute approximate surface area is 212 Å². The predicted molar refractivity (Wildman–Crippen MR) is 140 cm³/mol. The van der Waals surface area contributed by atoms with Crippen LogP contribution in [0.4, 0.5) is 11.6 Å². The van der Waals surface area contributed by atoms with Crippen LogP contribution in [-0.2, 0) is 7.05 Å². The number of pyridine rings is 1. The zero-order valence-corrected chi connectivity index (χ0v) is 20.8. The third-order valence-electron chi connectivity index (χ3n) is 6.74. The van der Waals surface area contributed by atoms with Crippen LogP contribution in [0.2, 0.25) is 0 Å². The molecular formula is C26H27N9O2. The predicted octanol–water partition coefficient (Wildman–Crippen LogP) is 4.03. The van der Waals surface area contributed by atoms with Crippen molar-refractivity contribution in [3.05, 3.63) is 64.9 Å². The molecule has 1 fully saturated rings. The van der Waals surface area contributed by atoms with Crippen LogP contribution in [0, 0.1) is 6.92 Å². The molecule has 188 valence electrons. The number of nitrogens with one attached hydrogen (secondary N) is 1. The number of anilines is 2. The van der Waals surface area contributed by atoms with Crippen molar-refractivity contribution in [2.24, 2.45) is 7.05 Å². The molecule has 3 N–H and O–H groups in total. The topological polar surface area (TPSA) is 143 Å². The van der Waals surface area contributed by atoms with Gasteiger partial charge in [-0.3, -0.25) is 9.48 Å². The fourth-order valence-corrected chi connectivity index (χ4v) is 4.85. The highest BCUT2D eigenvalue weighted by atomic mass is 16.5. The molecule has 4 heterocycles. The lowest BCUT2D eigenvalue weighted by Gasteiger charge is -2.24. The van der Waals surface area contributed by atoms with E-state index in [4.69, 9.17) is 10.3 Å². The Morgan fingerprint density at radius 2 is 2.11 bits per heavy atom. The Morgan fingerprint density at radius 1 is 1.27 bits per heavy atom. The van der Waals surface area contributed by atoms with Crippen LogP contribution in [0.25, 0.3) is 33.3 Å². The highest BCUT2D eigenvalue weighted by molar-refractivity contribution is 5.96. The summed E-state index contributed by atoms with van der Waals surface area (Å²) < 4.78 is 8.86. The average molecular weight is 498 g/mol. The van der Waals surface area contributed by atoms with Crippen LogP contribution in [0.1, 0.15) is 49.9 Å². The molecule has 0 amide bonds. The Kier molecular flexibility index (Phi) is 5.47. The minimum absolute atomic E-state index is 0.00548. The summed E-state index contributed by atoms with van der Waals surface area (Å²) in [6.07, 6.45) is 7.76. The maximum absolute atomic E-state index is 14.1. The van der Waals surface area contributed by atoms with Gasteiger partial charge >= 0.3 is 0 Å². The van der Waals surface area contributed by atoms with Gasteiger partial charge < -0.3 is 20.1 Å². The molecule has 4 aromatic heterocycles. The third-order valence-corrected chi connectivity index (χ3v) is 6.74. The number of benzene rings is 1. The van der Waals surface area contributed by atoms with E-state index < -0.39 is 0 Å². The van der Waals surface area contributed by atoms with E-state index >= 15 is 0 Å². The van der Waals surface area contributed by atoms with Crippen molar-refractivity contribution in [2.45, 2.75) is 45.2 Å². The molecule has 5 aromatic rings. The Hall–Kier alpha value is -4.54. The number of nitrogens with two attached hydrogens (primary N) is 1. The SMILES string of the molecule is CC[C@H](Nc1ncnc(N)c1-c1noc(C)n1)c1cc2cccc(-c3cnn(C)c3)c2c(=O)n1C1CC1. The zero-order chi connectivity index (χ0) is 25.7. The van der Waals surface area contributed by atoms with E-state index in [0.717, 1.165) is 35.0 Å². The lowest BCUT2D eigenvalue weighted by molar-refractivity contribution is 0.394. The molecule has 1 saturated carbocycles. The van der Waals surface area contributed by atoms with Gasteiger partial charge in [0.2, 0.25) is 11.7 Å². The lowest BCUT2D eigenvalue weighted by Crippen LogP contribution is -2.27. The van der Waals surface area contributed by atoms with Crippen LogP contribution in [0.5, 0.6) is 0 Å². The Morgan fingerprint density at radius 3 is 2.78 bits per heavy atom. The molecule has 0 saturated heterocycles. The van der Waals surface area contributed by atoms with Crippen molar-refractivity contribution < 1.29 is 4.52 Å². The first-order valence-electron chi connectivity index (χ1n) is 12.3. The molecule has 0 aliphatic heterocycles. The van der Waals surface area contributed by atoms with E-state index in [1.54, 1.807) is 17.8 Å². The Bertz CT molecular complexity index is 1680. The van der Waals surface area contributed by atoms with E-state index in [1.807, 2.05) is 36.0 Å². The maximum atomic E-state index is 14.1. The standard InChI is InChI=1S/C26H27N9O2/c1-4-19(32-24-22(23(27)28-13-29-24)25-31-14(2)37-33-25)20-10-15-6-5-7-18(16-11-30-34(3)12-16)21(15)26(36)35(20)17-8-9-17/h5-7,10-13,17,19H,4,8-9H2,1-3H3,(H3,27,28,29,32)/t19-/m0/s1. The van der Waals surface area contributed by atoms with Crippen molar-refractivity contribution in [3.63, 3.8) is 0 Å². The number of fused-ring (bicyclic) bond motifs is 1. The number of hydrogen-bond donors (Lipinski definition) is 2. The second-order valence-corrected chi connectivity index (χ2v) is 9.37. The van der Waals surface area contributed by atoms with Crippen LogP contribution in [-0.4, -0.2) is 34.5 Å². The van der Waals surface area contributed by atoms with Gasteiger partial charge in [0.25, 0.3) is 5.56 Å². The fourth-order valence-electron chi connectivity index (χ4n) is 4.85. The second-order valence-electron chi connectivity index (χ2n) is 9.37. The minimum Gasteiger partial charge on any atom is -0.383 e. The third kappa shape index (κ3) is 4.02. The summed E-state index contributed by atoms with van der Waals surface area (Å²) in [7, 11) is 1.87. The van der Waals surface area contributed by atoms with Gasteiger partial charge in [0.1, 0.15) is 23.5 Å². The van der Waals surface area contributed by atoms with Gasteiger partial charge in [0.15, 0.2) is 0 Å². The molecule has 6 rings (SSSR count). The number of aromatic nitrogens is 7. The summed E-state index contributed by atoms with van der Waals surface area (Å²) in [4.78, 5) is 27.0. The monoisotopic (exact) mass is 497 g/mol. The second kappa shape index (κ2) is 8.84. The number of nitrogen functional groups attached to an aromatic ring is 1. The number of hydrogen-bond acceptors (Lipinski definition) is 9. The molecule has 1 aliphatic rings. The van der Waals surface area contributed by atoms with Crippen LogP contribution >= 0.6 is 0 Å². The fraction of sp³-hybridized carbons (Fsp3) is 0.308. The number of nitrogens with zero attached hydrogens (tertiary/aromatic N) is 7. The Balaban J connectivity index is 1.50. The average Bonchev–Trinajstić information content (AvgIpc) is 3.48. The van der Waals surface area contributed by atoms with Crippen molar-refractivity contribution in [2.75, 3.05) is 11.1 Å². The van der Waals surface area contributed by atoms with E-state index in [1.165, 1.54) is 6.33 Å². The molecule has 1 atom stereocenters. The first kappa shape index (κ1) is 22.9. The molecule has 0 spiro atoms. The van der Waals surface area contributed by atoms with Crippen LogP contribution < -0.4 is 16.6 Å². The van der Waals surface area contributed by atoms with Crippen molar-refractivity contribution in [1.82, 2.24) is 34.5 Å². The quantitative estimate of drug-likeness (QED) is 0.341. The van der Waals surface area contributed by atoms with Crippen molar-refractivity contribution in [1.29, 1.82) is 0 Å². The normalized spacial score (nSPS) is 14.2. The van der Waals surface area contributed by atoms with Gasteiger partial charge in [-0.15, -0.1) is 0 Å². The van der Waals surface area contributed by atoms with Gasteiger partial charge in [0, 0.05) is 37.5 Å². The van der Waals surface area contributed by atoms with Crippen LogP contribution in [0.3, 0.4) is 0 Å². The summed E-state index contributed by atoms with van der Waals surface area (Å²) in [5, 5.41) is 13.4. The van der Waals surface area contributed by atoms with Gasteiger partial charge in [-0.1, -0.05) is 30.3 Å². The molecule has 11 heteroatoms. The van der Waals surface area contributed by atoms with Gasteiger partial charge in [-0.2, -0.15) is 10.1 Å². The number of aryl methyl sites for hydroxylation is 2. The summed E-state index contributed by atoms with van der Waals surface area (Å²) in [6, 6.07) is 8.00. The molecule has 11 nitrogen and oxygen atoms in total. The molecule has 0 radical (unpaired) electrons. The summed E-state index contributed by atoms with van der Waals surface area (Å²) in [5.41, 5.74) is 9.38. The molecule has 0 bridgehead atoms. The van der Waals surface area contributed by atoms with Crippen LogP contribution in [0.15, 0.2) is 52.3 Å². The van der Waals surface area contributed by atoms with E-state index in [0.29, 0.717) is 34.9 Å². The van der Waals surface area contributed by atoms with E-state index in [2.05, 4.69) is 43.5 Å². The molecule has 1 aliphatic carbocycles. The first-order chi connectivity index (χ1) is 17.9. The first-order valence-corrected chi connectivity index (χ1v) is 12.3. The molecule has 37 heavy (non-hydrogen) atoms. The highest BCUT2D eigenvalue weighted by Crippen LogP contribution is 2.39. The van der Waals surface area contributed by atoms with Crippen molar-refractivity contribution >= 4 is 22.4 Å². The summed E-state index contributed by atoms with van der Waals surface area (Å²) >= 11 is 0. The zero-order valence-electron chi connectivity index (χ0n) is 20.8. The largest absolute Gasteiger partial charge is 0.383 e. The minimum atomic E-state index is -0.221. The maximum Gasteiger partial charge on any atom is 0.259 e. The van der Waals surface area contributed by atoms with Gasteiger partial charge in [-0.25, -0.2) is 9.97 Å². The van der Waals surface area contributed by atoms with Crippen molar-refractivity contribution in [3.8, 4) is 22.5 Å². The summed E-state index contributed by atoms with van der Waals surface area (Å²) in [5.74, 6) is 1.46. The highest BCUT2D eigenvalue weighted by Gasteiger charge is 2.31. The molecule has 0 unspecified atom stereocenters.